The quantitative estimate of drug-likeness (QED) is 0.815. The topological polar surface area (TPSA) is 15.3 Å². The average Bonchev–Trinajstić information content (AvgIpc) is 2.85. The molecule has 0 spiro atoms. The number of rotatable bonds is 5. The summed E-state index contributed by atoms with van der Waals surface area (Å²) in [6.45, 7) is 13.0. The molecule has 0 bridgehead atoms. The Hall–Kier alpha value is -0.0600. The van der Waals surface area contributed by atoms with Gasteiger partial charge in [0, 0.05) is 42.0 Å². The number of hydrogen-bond acceptors (Lipinski definition) is 3. The molecule has 5 heteroatoms. The normalized spacial score (nSPS) is 16.9. The molecule has 0 saturated carbocycles. The average molecular weight is 337 g/mol. The van der Waals surface area contributed by atoms with Crippen LogP contribution in [0.15, 0.2) is 24.3 Å². The Kier molecular flexibility index (Phi) is 9.77. The van der Waals surface area contributed by atoms with Crippen LogP contribution in [0.1, 0.15) is 36.1 Å². The van der Waals surface area contributed by atoms with Gasteiger partial charge in [0.25, 0.3) is 0 Å². The monoisotopic (exact) mass is 336 g/mol. The molecule has 1 aromatic heterocycles. The Bertz CT molecular complexity index is 400. The highest BCUT2D eigenvalue weighted by Gasteiger charge is 2.23. The first-order chi connectivity index (χ1) is 8.70. The standard InChI is InChI=1S/C15H24N2S.2ClH/c1-4-13-5-6-15(18-13)14(11-12(2)3)17-9-7-16-8-10-17;;/h5-6,14,16H,2,4,7-11H2,1,3H3;2*1H/t14-;;/m0../s1. The van der Waals surface area contributed by atoms with Gasteiger partial charge in [-0.05, 0) is 31.9 Å². The van der Waals surface area contributed by atoms with Crippen LogP contribution in [0.2, 0.25) is 0 Å². The minimum Gasteiger partial charge on any atom is -0.314 e. The zero-order chi connectivity index (χ0) is 13.0. The van der Waals surface area contributed by atoms with Crippen molar-refractivity contribution in [3.63, 3.8) is 0 Å². The van der Waals surface area contributed by atoms with Crippen molar-refractivity contribution in [2.75, 3.05) is 26.2 Å². The van der Waals surface area contributed by atoms with E-state index in [9.17, 15) is 0 Å². The van der Waals surface area contributed by atoms with Gasteiger partial charge in [-0.25, -0.2) is 0 Å². The summed E-state index contributed by atoms with van der Waals surface area (Å²) < 4.78 is 0. The molecule has 116 valence electrons. The number of hydrogen-bond donors (Lipinski definition) is 1. The first-order valence-electron chi connectivity index (χ1n) is 6.88. The SMILES string of the molecule is C=C(C)C[C@@H](c1ccc(CC)s1)N1CCNCC1.Cl.Cl. The number of halogens is 2. The maximum Gasteiger partial charge on any atom is 0.0479 e. The van der Waals surface area contributed by atoms with Crippen LogP contribution in [0.4, 0.5) is 0 Å². The summed E-state index contributed by atoms with van der Waals surface area (Å²) >= 11 is 1.97. The first-order valence-corrected chi connectivity index (χ1v) is 7.70. The van der Waals surface area contributed by atoms with Crippen molar-refractivity contribution < 1.29 is 0 Å². The second-order valence-electron chi connectivity index (χ2n) is 5.12. The Labute approximate surface area is 139 Å². The van der Waals surface area contributed by atoms with E-state index in [1.54, 1.807) is 0 Å². The van der Waals surface area contributed by atoms with E-state index < -0.39 is 0 Å². The predicted molar refractivity (Wildman–Crippen MR) is 94.8 cm³/mol. The summed E-state index contributed by atoms with van der Waals surface area (Å²) in [7, 11) is 0. The summed E-state index contributed by atoms with van der Waals surface area (Å²) in [6.07, 6.45) is 2.23. The fraction of sp³-hybridized carbons (Fsp3) is 0.600. The van der Waals surface area contributed by atoms with Crippen molar-refractivity contribution in [1.29, 1.82) is 0 Å². The van der Waals surface area contributed by atoms with Gasteiger partial charge in [-0.3, -0.25) is 4.90 Å². The van der Waals surface area contributed by atoms with Crippen LogP contribution < -0.4 is 5.32 Å². The summed E-state index contributed by atoms with van der Waals surface area (Å²) in [5.74, 6) is 0. The maximum absolute atomic E-state index is 4.10. The van der Waals surface area contributed by atoms with Crippen molar-refractivity contribution in [3.8, 4) is 0 Å². The Morgan fingerprint density at radius 3 is 2.50 bits per heavy atom. The van der Waals surface area contributed by atoms with Gasteiger partial charge in [-0.2, -0.15) is 0 Å². The summed E-state index contributed by atoms with van der Waals surface area (Å²) in [5, 5.41) is 3.43. The van der Waals surface area contributed by atoms with E-state index in [0.29, 0.717) is 6.04 Å². The molecule has 2 nitrogen and oxygen atoms in total. The third-order valence-corrected chi connectivity index (χ3v) is 4.82. The molecule has 1 aliphatic rings. The minimum absolute atomic E-state index is 0. The van der Waals surface area contributed by atoms with Gasteiger partial charge in [-0.15, -0.1) is 42.7 Å². The predicted octanol–water partition coefficient (Wildman–Crippen LogP) is 4.07. The third kappa shape index (κ3) is 5.38. The van der Waals surface area contributed by atoms with Crippen molar-refractivity contribution in [2.24, 2.45) is 0 Å². The summed E-state index contributed by atoms with van der Waals surface area (Å²) in [4.78, 5) is 5.61. The Morgan fingerprint density at radius 1 is 1.35 bits per heavy atom. The lowest BCUT2D eigenvalue weighted by Crippen LogP contribution is -2.45. The van der Waals surface area contributed by atoms with E-state index in [-0.39, 0.29) is 24.8 Å². The van der Waals surface area contributed by atoms with E-state index in [4.69, 9.17) is 0 Å². The molecule has 0 radical (unpaired) electrons. The van der Waals surface area contributed by atoms with Gasteiger partial charge in [0.05, 0.1) is 0 Å². The fourth-order valence-electron chi connectivity index (χ4n) is 2.50. The summed E-state index contributed by atoms with van der Waals surface area (Å²) in [5.41, 5.74) is 1.28. The van der Waals surface area contributed by atoms with Crippen LogP contribution in [0.3, 0.4) is 0 Å². The second kappa shape index (κ2) is 9.80. The Balaban J connectivity index is 0.00000180. The number of aryl methyl sites for hydroxylation is 1. The molecule has 0 aliphatic carbocycles. The molecule has 2 rings (SSSR count). The lowest BCUT2D eigenvalue weighted by atomic mass is 10.0. The highest BCUT2D eigenvalue weighted by atomic mass is 35.5. The number of nitrogens with one attached hydrogen (secondary N) is 1. The largest absolute Gasteiger partial charge is 0.314 e. The third-order valence-electron chi connectivity index (χ3n) is 3.49. The van der Waals surface area contributed by atoms with Crippen molar-refractivity contribution >= 4 is 36.2 Å². The number of thiophene rings is 1. The second-order valence-corrected chi connectivity index (χ2v) is 6.32. The van der Waals surface area contributed by atoms with Gasteiger partial charge in [0.2, 0.25) is 0 Å². The molecule has 1 fully saturated rings. The van der Waals surface area contributed by atoms with Gasteiger partial charge in [0.15, 0.2) is 0 Å². The van der Waals surface area contributed by atoms with Crippen LogP contribution in [-0.2, 0) is 6.42 Å². The van der Waals surface area contributed by atoms with Crippen molar-refractivity contribution in [1.82, 2.24) is 10.2 Å². The summed E-state index contributed by atoms with van der Waals surface area (Å²) in [6, 6.07) is 5.14. The molecule has 1 aromatic rings. The van der Waals surface area contributed by atoms with Crippen LogP contribution in [0, 0.1) is 0 Å². The Morgan fingerprint density at radius 2 is 2.00 bits per heavy atom. The molecule has 0 unspecified atom stereocenters. The van der Waals surface area contributed by atoms with Crippen LogP contribution >= 0.6 is 36.2 Å². The molecule has 1 atom stereocenters. The smallest absolute Gasteiger partial charge is 0.0479 e. The fourth-order valence-corrected chi connectivity index (χ4v) is 3.58. The molecule has 0 amide bonds. The van der Waals surface area contributed by atoms with Gasteiger partial charge in [-0.1, -0.05) is 12.5 Å². The maximum atomic E-state index is 4.10. The lowest BCUT2D eigenvalue weighted by Gasteiger charge is -2.34. The zero-order valence-electron chi connectivity index (χ0n) is 12.4. The minimum atomic E-state index is 0. The molecule has 2 heterocycles. The highest BCUT2D eigenvalue weighted by molar-refractivity contribution is 7.12. The van der Waals surface area contributed by atoms with Crippen LogP contribution in [-0.4, -0.2) is 31.1 Å². The van der Waals surface area contributed by atoms with Gasteiger partial charge >= 0.3 is 0 Å². The molecule has 1 saturated heterocycles. The van der Waals surface area contributed by atoms with E-state index in [1.165, 1.54) is 15.3 Å². The van der Waals surface area contributed by atoms with E-state index in [2.05, 4.69) is 42.8 Å². The highest BCUT2D eigenvalue weighted by Crippen LogP contribution is 2.32. The molecule has 20 heavy (non-hydrogen) atoms. The van der Waals surface area contributed by atoms with Crippen molar-refractivity contribution in [2.45, 2.75) is 32.7 Å². The van der Waals surface area contributed by atoms with Crippen molar-refractivity contribution in [3.05, 3.63) is 34.0 Å². The van der Waals surface area contributed by atoms with Gasteiger partial charge < -0.3 is 5.32 Å². The van der Waals surface area contributed by atoms with E-state index in [0.717, 1.165) is 39.0 Å². The molecular formula is C15H26Cl2N2S. The van der Waals surface area contributed by atoms with Crippen LogP contribution in [0.5, 0.6) is 0 Å². The molecular weight excluding hydrogens is 311 g/mol. The molecule has 0 aromatic carbocycles. The first kappa shape index (κ1) is 19.9. The van der Waals surface area contributed by atoms with E-state index in [1.807, 2.05) is 11.3 Å². The molecule has 1 aliphatic heterocycles. The lowest BCUT2D eigenvalue weighted by molar-refractivity contribution is 0.175. The molecule has 1 N–H and O–H groups in total. The van der Waals surface area contributed by atoms with Gasteiger partial charge in [0.1, 0.15) is 0 Å². The number of piperazine rings is 1. The number of nitrogens with zero attached hydrogens (tertiary/aromatic N) is 1. The van der Waals surface area contributed by atoms with Crippen LogP contribution in [0.25, 0.3) is 0 Å². The van der Waals surface area contributed by atoms with E-state index >= 15 is 0 Å². The zero-order valence-corrected chi connectivity index (χ0v) is 14.8.